The van der Waals surface area contributed by atoms with E-state index in [1.807, 2.05) is 39.0 Å². The number of carbonyl (C=O) groups excluding carboxylic acids is 3. The summed E-state index contributed by atoms with van der Waals surface area (Å²) in [6.07, 6.45) is 0.949. The van der Waals surface area contributed by atoms with Gasteiger partial charge in [-0.2, -0.15) is 5.26 Å². The van der Waals surface area contributed by atoms with Crippen LogP contribution in [0.25, 0.3) is 0 Å². The van der Waals surface area contributed by atoms with Crippen molar-refractivity contribution in [3.63, 3.8) is 0 Å². The molecule has 0 saturated carbocycles. The minimum atomic E-state index is -1.02. The van der Waals surface area contributed by atoms with E-state index in [9.17, 15) is 19.6 Å². The van der Waals surface area contributed by atoms with Gasteiger partial charge in [0.2, 0.25) is 11.8 Å². The lowest BCUT2D eigenvalue weighted by Crippen LogP contribution is -2.55. The molecule has 2 N–H and O–H groups in total. The number of carbonyl (C=O) groups is 3. The van der Waals surface area contributed by atoms with Gasteiger partial charge < -0.3 is 20.3 Å². The number of nitrogens with zero attached hydrogens (tertiary/aromatic N) is 2. The Hall–Kier alpha value is -3.08. The van der Waals surface area contributed by atoms with E-state index in [2.05, 4.69) is 10.6 Å². The van der Waals surface area contributed by atoms with E-state index in [0.717, 1.165) is 18.4 Å². The molecule has 3 amide bonds. The molecule has 1 aromatic carbocycles. The van der Waals surface area contributed by atoms with Crippen LogP contribution in [0.4, 0.5) is 4.79 Å². The molecule has 3 atom stereocenters. The predicted molar refractivity (Wildman–Crippen MR) is 132 cm³/mol. The average molecular weight is 473 g/mol. The van der Waals surface area contributed by atoms with E-state index < -0.39 is 29.7 Å². The summed E-state index contributed by atoms with van der Waals surface area (Å²) in [4.78, 5) is 40.8. The van der Waals surface area contributed by atoms with Crippen LogP contribution in [0.1, 0.15) is 78.5 Å². The molecule has 8 heteroatoms. The smallest absolute Gasteiger partial charge is 0.408 e. The number of benzene rings is 1. The van der Waals surface area contributed by atoms with E-state index in [1.165, 1.54) is 4.90 Å². The van der Waals surface area contributed by atoms with Crippen molar-refractivity contribution in [2.24, 2.45) is 5.92 Å². The lowest BCUT2D eigenvalue weighted by molar-refractivity contribution is -0.142. The Kier molecular flexibility index (Phi) is 11.0. The van der Waals surface area contributed by atoms with Gasteiger partial charge in [0, 0.05) is 6.04 Å². The van der Waals surface area contributed by atoms with Gasteiger partial charge in [0.25, 0.3) is 0 Å². The predicted octanol–water partition coefficient (Wildman–Crippen LogP) is 4.24. The number of hydrogen-bond donors (Lipinski definition) is 2. The zero-order valence-corrected chi connectivity index (χ0v) is 21.8. The topological polar surface area (TPSA) is 112 Å². The van der Waals surface area contributed by atoms with Crippen molar-refractivity contribution >= 4 is 17.9 Å². The van der Waals surface area contributed by atoms with Crippen LogP contribution >= 0.6 is 0 Å². The Bertz CT molecular complexity index is 868. The van der Waals surface area contributed by atoms with Crippen LogP contribution in [0.15, 0.2) is 24.3 Å². The Morgan fingerprint density at radius 1 is 1.09 bits per heavy atom. The van der Waals surface area contributed by atoms with Crippen LogP contribution in [0.5, 0.6) is 0 Å². The van der Waals surface area contributed by atoms with Crippen molar-refractivity contribution in [3.05, 3.63) is 35.4 Å². The number of ether oxygens (including phenoxy) is 1. The minimum Gasteiger partial charge on any atom is -0.444 e. The van der Waals surface area contributed by atoms with Crippen molar-refractivity contribution < 1.29 is 19.1 Å². The summed E-state index contributed by atoms with van der Waals surface area (Å²) in [6.45, 7) is 14.3. The molecule has 34 heavy (non-hydrogen) atoms. The number of amides is 3. The van der Waals surface area contributed by atoms with Gasteiger partial charge in [-0.25, -0.2) is 4.79 Å². The Morgan fingerprint density at radius 2 is 1.68 bits per heavy atom. The summed E-state index contributed by atoms with van der Waals surface area (Å²) in [5, 5.41) is 15.1. The fraction of sp³-hybridized carbons (Fsp3) is 0.615. The highest BCUT2D eigenvalue weighted by Gasteiger charge is 2.37. The van der Waals surface area contributed by atoms with Crippen LogP contribution in [0, 0.1) is 24.2 Å². The molecule has 0 fully saturated rings. The van der Waals surface area contributed by atoms with Crippen LogP contribution in [-0.4, -0.2) is 47.0 Å². The average Bonchev–Trinajstić information content (AvgIpc) is 2.71. The molecular weight excluding hydrogens is 432 g/mol. The Morgan fingerprint density at radius 3 is 2.15 bits per heavy atom. The molecule has 8 nitrogen and oxygen atoms in total. The van der Waals surface area contributed by atoms with Gasteiger partial charge >= 0.3 is 6.09 Å². The van der Waals surface area contributed by atoms with E-state index >= 15 is 0 Å². The summed E-state index contributed by atoms with van der Waals surface area (Å²) in [7, 11) is 0. The first-order valence-electron chi connectivity index (χ1n) is 11.8. The molecule has 0 radical (unpaired) electrons. The molecule has 0 aliphatic heterocycles. The van der Waals surface area contributed by atoms with E-state index in [0.29, 0.717) is 5.56 Å². The lowest BCUT2D eigenvalue weighted by atomic mass is 9.98. The number of nitrogens with one attached hydrogen (secondary N) is 2. The lowest BCUT2D eigenvalue weighted by Gasteiger charge is -2.34. The second-order valence-corrected chi connectivity index (χ2v) is 10.0. The van der Waals surface area contributed by atoms with Gasteiger partial charge in [0.15, 0.2) is 0 Å². The summed E-state index contributed by atoms with van der Waals surface area (Å²) in [5.74, 6) is -1.19. The molecule has 0 heterocycles. The van der Waals surface area contributed by atoms with Crippen LogP contribution in [0.3, 0.4) is 0 Å². The zero-order chi connectivity index (χ0) is 26.1. The minimum absolute atomic E-state index is 0.0923. The molecule has 0 bridgehead atoms. The van der Waals surface area contributed by atoms with Crippen molar-refractivity contribution in [1.82, 2.24) is 15.5 Å². The quantitative estimate of drug-likeness (QED) is 0.495. The first-order valence-corrected chi connectivity index (χ1v) is 11.8. The van der Waals surface area contributed by atoms with Crippen LogP contribution in [0.2, 0.25) is 0 Å². The molecule has 0 aliphatic carbocycles. The van der Waals surface area contributed by atoms with Crippen molar-refractivity contribution in [2.75, 3.05) is 6.54 Å². The largest absolute Gasteiger partial charge is 0.444 e. The Balaban J connectivity index is 3.39. The molecule has 188 valence electrons. The highest BCUT2D eigenvalue weighted by atomic mass is 16.6. The zero-order valence-electron chi connectivity index (χ0n) is 21.8. The van der Waals surface area contributed by atoms with E-state index in [1.54, 1.807) is 46.8 Å². The first kappa shape index (κ1) is 29.0. The number of aryl methyl sites for hydroxylation is 1. The van der Waals surface area contributed by atoms with Gasteiger partial charge in [0.05, 0.1) is 6.07 Å². The number of nitriles is 1. The monoisotopic (exact) mass is 472 g/mol. The summed E-state index contributed by atoms with van der Waals surface area (Å²) < 4.78 is 5.33. The third-order valence-corrected chi connectivity index (χ3v) is 5.19. The van der Waals surface area contributed by atoms with Crippen molar-refractivity contribution in [2.45, 2.75) is 92.0 Å². The summed E-state index contributed by atoms with van der Waals surface area (Å²) in [6, 6.07) is 7.21. The van der Waals surface area contributed by atoms with Crippen molar-refractivity contribution in [1.29, 1.82) is 5.26 Å². The second kappa shape index (κ2) is 13.0. The molecule has 3 unspecified atom stereocenters. The van der Waals surface area contributed by atoms with Gasteiger partial charge in [-0.05, 0) is 52.5 Å². The van der Waals surface area contributed by atoms with Crippen LogP contribution < -0.4 is 10.6 Å². The number of alkyl carbamates (subject to hydrolysis) is 1. The van der Waals surface area contributed by atoms with Gasteiger partial charge in [-0.1, -0.05) is 57.0 Å². The molecule has 0 saturated heterocycles. The van der Waals surface area contributed by atoms with Gasteiger partial charge in [-0.15, -0.1) is 0 Å². The fourth-order valence-corrected chi connectivity index (χ4v) is 3.55. The third-order valence-electron chi connectivity index (χ3n) is 5.19. The molecule has 1 aromatic rings. The van der Waals surface area contributed by atoms with Crippen LogP contribution in [-0.2, 0) is 14.3 Å². The summed E-state index contributed by atoms with van der Waals surface area (Å²) in [5.41, 5.74) is 0.864. The number of rotatable bonds is 10. The van der Waals surface area contributed by atoms with E-state index in [4.69, 9.17) is 4.74 Å². The second-order valence-electron chi connectivity index (χ2n) is 10.0. The highest BCUT2D eigenvalue weighted by molar-refractivity contribution is 5.92. The maximum atomic E-state index is 13.7. The highest BCUT2D eigenvalue weighted by Crippen LogP contribution is 2.24. The maximum Gasteiger partial charge on any atom is 0.408 e. The van der Waals surface area contributed by atoms with Crippen molar-refractivity contribution in [3.8, 4) is 6.07 Å². The maximum absolute atomic E-state index is 13.7. The normalized spacial score (nSPS) is 13.9. The SMILES string of the molecule is CCCC(C)NC(=O)C(c1ccc(C)cc1)N(CC#N)C(=O)C(NC(=O)OC(C)(C)C)C(C)C. The van der Waals surface area contributed by atoms with Gasteiger partial charge in [0.1, 0.15) is 24.2 Å². The molecule has 0 aromatic heterocycles. The first-order chi connectivity index (χ1) is 15.8. The summed E-state index contributed by atoms with van der Waals surface area (Å²) >= 11 is 0. The number of hydrogen-bond acceptors (Lipinski definition) is 5. The fourth-order valence-electron chi connectivity index (χ4n) is 3.55. The third kappa shape index (κ3) is 9.05. The molecule has 0 spiro atoms. The van der Waals surface area contributed by atoms with E-state index in [-0.39, 0.29) is 24.4 Å². The Labute approximate surface area is 204 Å². The molecule has 0 aliphatic rings. The standard InChI is InChI=1S/C26H40N4O4/c1-9-10-19(5)28-23(31)22(20-13-11-18(4)12-14-20)30(16-15-27)24(32)21(17(2)3)29-25(33)34-26(6,7)8/h11-14,17,19,21-22H,9-10,16H2,1-8H3,(H,28,31)(H,29,33). The molecule has 1 rings (SSSR count). The van der Waals surface area contributed by atoms with Gasteiger partial charge in [-0.3, -0.25) is 9.59 Å². The molecular formula is C26H40N4O4.